The van der Waals surface area contributed by atoms with Crippen LogP contribution in [0.25, 0.3) is 0 Å². The lowest BCUT2D eigenvalue weighted by molar-refractivity contribution is -0.134. The van der Waals surface area contributed by atoms with Crippen LogP contribution in [0.4, 0.5) is 0 Å². The Bertz CT molecular complexity index is 413. The first kappa shape index (κ1) is 14.0. The van der Waals surface area contributed by atoms with E-state index in [9.17, 15) is 9.90 Å². The fraction of sp³-hybridized carbons (Fsp3) is 0.500. The summed E-state index contributed by atoms with van der Waals surface area (Å²) in [6.45, 7) is 4.02. The van der Waals surface area contributed by atoms with Gasteiger partial charge in [0.2, 0.25) is 0 Å². The van der Waals surface area contributed by atoms with Crippen LogP contribution in [0.2, 0.25) is 0 Å². The largest absolute Gasteiger partial charge is 0.387 e. The monoisotopic (exact) mass is 264 g/mol. The molecule has 0 aromatic heterocycles. The number of amides is 1. The van der Waals surface area contributed by atoms with E-state index < -0.39 is 12.2 Å². The van der Waals surface area contributed by atoms with Gasteiger partial charge in [0, 0.05) is 19.6 Å². The van der Waals surface area contributed by atoms with Crippen LogP contribution in [0, 0.1) is 6.92 Å². The normalized spacial score (nSPS) is 20.8. The van der Waals surface area contributed by atoms with Gasteiger partial charge in [0.05, 0.1) is 12.7 Å². The minimum Gasteiger partial charge on any atom is -0.387 e. The molecule has 1 amide bonds. The van der Waals surface area contributed by atoms with Crippen LogP contribution in [0.3, 0.4) is 0 Å². The molecule has 19 heavy (non-hydrogen) atoms. The van der Waals surface area contributed by atoms with Gasteiger partial charge in [-0.05, 0) is 12.5 Å². The van der Waals surface area contributed by atoms with Crippen molar-refractivity contribution in [2.45, 2.75) is 19.1 Å². The fourth-order valence-corrected chi connectivity index (χ4v) is 1.95. The number of aryl methyl sites for hydroxylation is 1. The van der Waals surface area contributed by atoms with Crippen LogP contribution >= 0.6 is 0 Å². The van der Waals surface area contributed by atoms with Crippen LogP contribution in [0.15, 0.2) is 24.3 Å². The lowest BCUT2D eigenvalue weighted by atomic mass is 10.1. The Kier molecular flexibility index (Phi) is 4.90. The van der Waals surface area contributed by atoms with Gasteiger partial charge in [0.25, 0.3) is 5.91 Å². The SMILES string of the molecule is Cc1ccc([C@@H](O)CNC(=O)[C@H]2CNCCO2)cc1. The molecule has 1 aliphatic rings. The third-order valence-corrected chi connectivity index (χ3v) is 3.15. The summed E-state index contributed by atoms with van der Waals surface area (Å²) in [5.74, 6) is -0.182. The van der Waals surface area contributed by atoms with Crippen LogP contribution < -0.4 is 10.6 Å². The number of carbonyl (C=O) groups excluding carboxylic acids is 1. The number of ether oxygens (including phenoxy) is 1. The van der Waals surface area contributed by atoms with Gasteiger partial charge < -0.3 is 20.5 Å². The molecule has 2 rings (SSSR count). The molecule has 1 aromatic carbocycles. The summed E-state index contributed by atoms with van der Waals surface area (Å²) in [4.78, 5) is 11.8. The van der Waals surface area contributed by atoms with Crippen molar-refractivity contribution in [3.8, 4) is 0 Å². The van der Waals surface area contributed by atoms with Crippen molar-refractivity contribution >= 4 is 5.91 Å². The Hall–Kier alpha value is -1.43. The predicted molar refractivity (Wildman–Crippen MR) is 71.8 cm³/mol. The van der Waals surface area contributed by atoms with Gasteiger partial charge in [-0.15, -0.1) is 0 Å². The van der Waals surface area contributed by atoms with E-state index in [2.05, 4.69) is 10.6 Å². The smallest absolute Gasteiger partial charge is 0.250 e. The highest BCUT2D eigenvalue weighted by molar-refractivity contribution is 5.81. The second-order valence-electron chi connectivity index (χ2n) is 4.74. The van der Waals surface area contributed by atoms with Gasteiger partial charge in [0.15, 0.2) is 0 Å². The summed E-state index contributed by atoms with van der Waals surface area (Å²) in [7, 11) is 0. The van der Waals surface area contributed by atoms with Gasteiger partial charge in [-0.25, -0.2) is 0 Å². The van der Waals surface area contributed by atoms with Gasteiger partial charge in [-0.3, -0.25) is 4.79 Å². The zero-order chi connectivity index (χ0) is 13.7. The predicted octanol–water partition coefficient (Wildman–Crippen LogP) is 0.133. The summed E-state index contributed by atoms with van der Waals surface area (Å²) in [6.07, 6.45) is -1.15. The molecule has 0 radical (unpaired) electrons. The van der Waals surface area contributed by atoms with E-state index in [1.807, 2.05) is 31.2 Å². The van der Waals surface area contributed by atoms with Gasteiger partial charge in [-0.1, -0.05) is 29.8 Å². The Morgan fingerprint density at radius 3 is 2.89 bits per heavy atom. The highest BCUT2D eigenvalue weighted by Crippen LogP contribution is 2.12. The Balaban J connectivity index is 1.80. The van der Waals surface area contributed by atoms with Crippen molar-refractivity contribution in [3.05, 3.63) is 35.4 Å². The topological polar surface area (TPSA) is 70.6 Å². The molecule has 5 heteroatoms. The molecule has 1 heterocycles. The van der Waals surface area contributed by atoms with E-state index in [0.717, 1.165) is 17.7 Å². The maximum atomic E-state index is 11.8. The van der Waals surface area contributed by atoms with Crippen molar-refractivity contribution in [1.82, 2.24) is 10.6 Å². The molecule has 0 saturated carbocycles. The Morgan fingerprint density at radius 1 is 1.53 bits per heavy atom. The lowest BCUT2D eigenvalue weighted by Gasteiger charge is -2.23. The third-order valence-electron chi connectivity index (χ3n) is 3.15. The van der Waals surface area contributed by atoms with E-state index in [4.69, 9.17) is 4.74 Å². The molecule has 1 aromatic rings. The number of hydrogen-bond donors (Lipinski definition) is 3. The second-order valence-corrected chi connectivity index (χ2v) is 4.74. The Morgan fingerprint density at radius 2 is 2.26 bits per heavy atom. The van der Waals surface area contributed by atoms with E-state index in [1.54, 1.807) is 0 Å². The van der Waals surface area contributed by atoms with Crippen molar-refractivity contribution < 1.29 is 14.6 Å². The van der Waals surface area contributed by atoms with Crippen molar-refractivity contribution in [1.29, 1.82) is 0 Å². The summed E-state index contributed by atoms with van der Waals surface area (Å²) in [5.41, 5.74) is 1.94. The second kappa shape index (κ2) is 6.65. The number of benzene rings is 1. The fourth-order valence-electron chi connectivity index (χ4n) is 1.95. The number of carbonyl (C=O) groups is 1. The zero-order valence-corrected chi connectivity index (χ0v) is 11.1. The van der Waals surface area contributed by atoms with E-state index in [0.29, 0.717) is 13.2 Å². The van der Waals surface area contributed by atoms with E-state index in [-0.39, 0.29) is 12.5 Å². The molecule has 3 N–H and O–H groups in total. The molecule has 1 aliphatic heterocycles. The molecule has 0 spiro atoms. The van der Waals surface area contributed by atoms with Crippen molar-refractivity contribution in [3.63, 3.8) is 0 Å². The first-order valence-corrected chi connectivity index (χ1v) is 6.51. The number of nitrogens with one attached hydrogen (secondary N) is 2. The van der Waals surface area contributed by atoms with Gasteiger partial charge >= 0.3 is 0 Å². The number of aliphatic hydroxyl groups is 1. The zero-order valence-electron chi connectivity index (χ0n) is 11.1. The standard InChI is InChI=1S/C14H20N2O3/c1-10-2-4-11(5-3-10)12(17)8-16-14(18)13-9-15-6-7-19-13/h2-5,12-13,15,17H,6-9H2,1H3,(H,16,18)/t12-,13+/m0/s1. The van der Waals surface area contributed by atoms with Crippen molar-refractivity contribution in [2.24, 2.45) is 0 Å². The van der Waals surface area contributed by atoms with Crippen LogP contribution in [0.5, 0.6) is 0 Å². The number of rotatable bonds is 4. The maximum absolute atomic E-state index is 11.8. The highest BCUT2D eigenvalue weighted by atomic mass is 16.5. The first-order chi connectivity index (χ1) is 9.16. The van der Waals surface area contributed by atoms with Crippen molar-refractivity contribution in [2.75, 3.05) is 26.2 Å². The molecule has 1 fully saturated rings. The maximum Gasteiger partial charge on any atom is 0.250 e. The summed E-state index contributed by atoms with van der Waals surface area (Å²) < 4.78 is 5.34. The molecule has 104 valence electrons. The van der Waals surface area contributed by atoms with E-state index in [1.165, 1.54) is 0 Å². The summed E-state index contributed by atoms with van der Waals surface area (Å²) in [5, 5.41) is 15.8. The molecule has 0 unspecified atom stereocenters. The summed E-state index contributed by atoms with van der Waals surface area (Å²) >= 11 is 0. The minimum absolute atomic E-state index is 0.182. The molecular weight excluding hydrogens is 244 g/mol. The third kappa shape index (κ3) is 4.02. The average Bonchev–Trinajstić information content (AvgIpc) is 2.46. The molecule has 5 nitrogen and oxygen atoms in total. The average molecular weight is 264 g/mol. The number of aliphatic hydroxyl groups excluding tert-OH is 1. The molecule has 0 bridgehead atoms. The molecule has 1 saturated heterocycles. The summed E-state index contributed by atoms with van der Waals surface area (Å²) in [6, 6.07) is 7.61. The van der Waals surface area contributed by atoms with Crippen LogP contribution in [-0.4, -0.2) is 43.4 Å². The molecule has 0 aliphatic carbocycles. The first-order valence-electron chi connectivity index (χ1n) is 6.51. The number of hydrogen-bond acceptors (Lipinski definition) is 4. The number of morpholine rings is 1. The minimum atomic E-state index is -0.693. The Labute approximate surface area is 113 Å². The highest BCUT2D eigenvalue weighted by Gasteiger charge is 2.22. The van der Waals surface area contributed by atoms with Gasteiger partial charge in [0.1, 0.15) is 6.10 Å². The quantitative estimate of drug-likeness (QED) is 0.723. The van der Waals surface area contributed by atoms with Crippen LogP contribution in [0.1, 0.15) is 17.2 Å². The molecular formula is C14H20N2O3. The molecule has 2 atom stereocenters. The van der Waals surface area contributed by atoms with E-state index >= 15 is 0 Å². The lowest BCUT2D eigenvalue weighted by Crippen LogP contribution is -2.48. The van der Waals surface area contributed by atoms with Gasteiger partial charge in [-0.2, -0.15) is 0 Å². The van der Waals surface area contributed by atoms with Crippen LogP contribution in [-0.2, 0) is 9.53 Å².